The van der Waals surface area contributed by atoms with E-state index in [0.29, 0.717) is 23.8 Å². The molecule has 0 saturated carbocycles. The normalized spacial score (nSPS) is 14.0. The number of rotatable bonds is 5. The third kappa shape index (κ3) is 2.72. The minimum atomic E-state index is 0.0469. The molecule has 0 fully saturated rings. The van der Waals surface area contributed by atoms with Gasteiger partial charge in [-0.1, -0.05) is 6.08 Å². The molecule has 0 aliphatic carbocycles. The Balaban J connectivity index is 2.38. The molecule has 0 saturated heterocycles. The number of aliphatic hydroxyl groups excluding tert-OH is 1. The summed E-state index contributed by atoms with van der Waals surface area (Å²) in [4.78, 5) is 2.01. The molecule has 0 atom stereocenters. The zero-order valence-corrected chi connectivity index (χ0v) is 11.9. The quantitative estimate of drug-likeness (QED) is 0.891. The van der Waals surface area contributed by atoms with Gasteiger partial charge in [-0.2, -0.15) is 0 Å². The second-order valence-electron chi connectivity index (χ2n) is 4.34. The minimum absolute atomic E-state index is 0.0469. The average Bonchev–Trinajstić information content (AvgIpc) is 2.53. The molecule has 1 N–H and O–H groups in total. The third-order valence-electron chi connectivity index (χ3n) is 3.16. The van der Waals surface area contributed by atoms with Gasteiger partial charge in [0.25, 0.3) is 0 Å². The van der Waals surface area contributed by atoms with E-state index in [1.807, 2.05) is 35.4 Å². The van der Waals surface area contributed by atoms with E-state index in [2.05, 4.69) is 0 Å². The van der Waals surface area contributed by atoms with E-state index >= 15 is 0 Å². The number of benzene rings is 1. The van der Waals surface area contributed by atoms with Crippen LogP contribution in [-0.4, -0.2) is 39.6 Å². The maximum Gasteiger partial charge on any atom is 0.203 e. The fourth-order valence-corrected chi connectivity index (χ4v) is 2.12. The molecule has 108 valence electrons. The average molecular weight is 277 g/mol. The van der Waals surface area contributed by atoms with Gasteiger partial charge in [-0.05, 0) is 11.6 Å². The van der Waals surface area contributed by atoms with Crippen molar-refractivity contribution >= 4 is 5.69 Å². The molecule has 1 aromatic carbocycles. The van der Waals surface area contributed by atoms with Crippen molar-refractivity contribution in [3.63, 3.8) is 0 Å². The molecule has 0 radical (unpaired) electrons. The van der Waals surface area contributed by atoms with Crippen molar-refractivity contribution in [3.05, 3.63) is 36.1 Å². The van der Waals surface area contributed by atoms with Crippen LogP contribution in [0.25, 0.3) is 0 Å². The van der Waals surface area contributed by atoms with Crippen molar-refractivity contribution < 1.29 is 19.3 Å². The Morgan fingerprint density at radius 3 is 2.25 bits per heavy atom. The van der Waals surface area contributed by atoms with Crippen molar-refractivity contribution in [1.29, 1.82) is 0 Å². The lowest BCUT2D eigenvalue weighted by molar-refractivity contribution is 0.324. The van der Waals surface area contributed by atoms with Gasteiger partial charge in [-0.3, -0.25) is 0 Å². The van der Waals surface area contributed by atoms with Gasteiger partial charge in [-0.15, -0.1) is 0 Å². The molecule has 0 amide bonds. The van der Waals surface area contributed by atoms with E-state index < -0.39 is 0 Å². The Morgan fingerprint density at radius 1 is 1.10 bits per heavy atom. The number of hydrogen-bond donors (Lipinski definition) is 1. The summed E-state index contributed by atoms with van der Waals surface area (Å²) in [5.41, 5.74) is 1.86. The molecule has 1 aromatic rings. The zero-order chi connectivity index (χ0) is 14.5. The second-order valence-corrected chi connectivity index (χ2v) is 4.34. The van der Waals surface area contributed by atoms with Gasteiger partial charge in [0.2, 0.25) is 5.75 Å². The maximum atomic E-state index is 9.24. The molecular formula is C15H19NO4. The maximum absolute atomic E-state index is 9.24. The lowest BCUT2D eigenvalue weighted by atomic mass is 10.1. The van der Waals surface area contributed by atoms with Crippen LogP contribution >= 0.6 is 0 Å². The van der Waals surface area contributed by atoms with Crippen LogP contribution in [-0.2, 0) is 0 Å². The number of allylic oxidation sites excluding steroid dienone is 2. The highest BCUT2D eigenvalue weighted by atomic mass is 16.5. The van der Waals surface area contributed by atoms with E-state index in [4.69, 9.17) is 14.2 Å². The van der Waals surface area contributed by atoms with Crippen LogP contribution in [0.1, 0.15) is 0 Å². The summed E-state index contributed by atoms with van der Waals surface area (Å²) in [5, 5.41) is 9.24. The zero-order valence-electron chi connectivity index (χ0n) is 11.9. The van der Waals surface area contributed by atoms with Gasteiger partial charge < -0.3 is 24.2 Å². The predicted octanol–water partition coefficient (Wildman–Crippen LogP) is 1.96. The molecule has 1 heterocycles. The number of anilines is 1. The first-order valence-corrected chi connectivity index (χ1v) is 6.27. The summed E-state index contributed by atoms with van der Waals surface area (Å²) in [6.07, 6.45) is 5.76. The van der Waals surface area contributed by atoms with Crippen molar-refractivity contribution in [1.82, 2.24) is 0 Å². The monoisotopic (exact) mass is 277 g/mol. The fraction of sp³-hybridized carbons (Fsp3) is 0.333. The molecule has 5 nitrogen and oxygen atoms in total. The van der Waals surface area contributed by atoms with Crippen LogP contribution in [0.3, 0.4) is 0 Å². The Morgan fingerprint density at radius 2 is 1.75 bits per heavy atom. The van der Waals surface area contributed by atoms with E-state index in [1.165, 1.54) is 0 Å². The Hall–Kier alpha value is -2.14. The summed E-state index contributed by atoms with van der Waals surface area (Å²) in [6, 6.07) is 3.76. The number of aliphatic hydroxyl groups is 1. The molecule has 0 aromatic heterocycles. The number of hydrogen-bond acceptors (Lipinski definition) is 5. The summed E-state index contributed by atoms with van der Waals surface area (Å²) in [7, 11) is 4.76. The van der Waals surface area contributed by atoms with Gasteiger partial charge in [-0.25, -0.2) is 0 Å². The Bertz CT molecular complexity index is 512. The van der Waals surface area contributed by atoms with Gasteiger partial charge in [0.1, 0.15) is 0 Å². The van der Waals surface area contributed by atoms with Crippen molar-refractivity contribution in [2.45, 2.75) is 0 Å². The fourth-order valence-electron chi connectivity index (χ4n) is 2.12. The largest absolute Gasteiger partial charge is 0.493 e. The van der Waals surface area contributed by atoms with Crippen LogP contribution < -0.4 is 19.1 Å². The molecule has 0 unspecified atom stereocenters. The molecule has 0 spiro atoms. The number of nitrogens with zero attached hydrogens (tertiary/aromatic N) is 1. The first-order valence-electron chi connectivity index (χ1n) is 6.27. The molecule has 5 heteroatoms. The van der Waals surface area contributed by atoms with Crippen LogP contribution in [0.15, 0.2) is 36.1 Å². The summed E-state index contributed by atoms with van der Waals surface area (Å²) in [6.45, 7) is 0.677. The van der Waals surface area contributed by atoms with E-state index in [9.17, 15) is 5.11 Å². The summed E-state index contributed by atoms with van der Waals surface area (Å²) in [5.74, 6) is 1.78. The number of ether oxygens (including phenoxy) is 3. The summed E-state index contributed by atoms with van der Waals surface area (Å²) >= 11 is 0. The van der Waals surface area contributed by atoms with Gasteiger partial charge in [0.05, 0.1) is 27.9 Å². The Labute approximate surface area is 118 Å². The van der Waals surface area contributed by atoms with E-state index in [-0.39, 0.29) is 6.61 Å². The standard InChI is InChI=1S/C15H19NO4/c1-18-13-7-12(8-14(19-2)15(13)20-3)16-6-4-5-11(9-16)10-17/h4-8,17H,9-10H2,1-3H3. The highest BCUT2D eigenvalue weighted by Gasteiger charge is 2.17. The highest BCUT2D eigenvalue weighted by Crippen LogP contribution is 2.41. The number of methoxy groups -OCH3 is 3. The highest BCUT2D eigenvalue weighted by molar-refractivity contribution is 5.65. The van der Waals surface area contributed by atoms with E-state index in [1.54, 1.807) is 21.3 Å². The van der Waals surface area contributed by atoms with Crippen LogP contribution in [0.5, 0.6) is 17.2 Å². The smallest absolute Gasteiger partial charge is 0.203 e. The first-order chi connectivity index (χ1) is 9.73. The predicted molar refractivity (Wildman–Crippen MR) is 77.8 cm³/mol. The van der Waals surface area contributed by atoms with Crippen LogP contribution in [0.4, 0.5) is 5.69 Å². The lowest BCUT2D eigenvalue weighted by Crippen LogP contribution is -2.22. The molecule has 20 heavy (non-hydrogen) atoms. The molecule has 0 bridgehead atoms. The SMILES string of the molecule is COc1cc(N2C=CC=C(CO)C2)cc(OC)c1OC. The first kappa shape index (κ1) is 14.3. The molecule has 1 aliphatic heterocycles. The van der Waals surface area contributed by atoms with Crippen LogP contribution in [0.2, 0.25) is 0 Å². The summed E-state index contributed by atoms with van der Waals surface area (Å²) < 4.78 is 16.0. The second kappa shape index (κ2) is 6.34. The third-order valence-corrected chi connectivity index (χ3v) is 3.16. The van der Waals surface area contributed by atoms with Gasteiger partial charge >= 0.3 is 0 Å². The molecular weight excluding hydrogens is 258 g/mol. The Kier molecular flexibility index (Phi) is 4.53. The lowest BCUT2D eigenvalue weighted by Gasteiger charge is -2.25. The van der Waals surface area contributed by atoms with Gasteiger partial charge in [0, 0.05) is 30.6 Å². The minimum Gasteiger partial charge on any atom is -0.493 e. The molecule has 1 aliphatic rings. The van der Waals surface area contributed by atoms with Gasteiger partial charge in [0.15, 0.2) is 11.5 Å². The van der Waals surface area contributed by atoms with Crippen LogP contribution in [0, 0.1) is 0 Å². The topological polar surface area (TPSA) is 51.2 Å². The van der Waals surface area contributed by atoms with Crippen molar-refractivity contribution in [3.8, 4) is 17.2 Å². The molecule has 2 rings (SSSR count). The van der Waals surface area contributed by atoms with E-state index in [0.717, 1.165) is 11.3 Å². The van der Waals surface area contributed by atoms with Crippen molar-refractivity contribution in [2.75, 3.05) is 39.4 Å². The van der Waals surface area contributed by atoms with Crippen molar-refractivity contribution in [2.24, 2.45) is 0 Å².